The van der Waals surface area contributed by atoms with E-state index in [0.29, 0.717) is 17.9 Å². The molecule has 1 atom stereocenters. The van der Waals surface area contributed by atoms with Crippen molar-refractivity contribution in [3.8, 4) is 11.5 Å². The SMILES string of the molecule is C=C(OCc1cccc(Oc2ccc(C)cc2)c1)[C@@H]1CC1(C)C. The predicted molar refractivity (Wildman–Crippen MR) is 93.5 cm³/mol. The lowest BCUT2D eigenvalue weighted by Gasteiger charge is -2.12. The highest BCUT2D eigenvalue weighted by Crippen LogP contribution is 2.55. The van der Waals surface area contributed by atoms with Crippen molar-refractivity contribution >= 4 is 0 Å². The monoisotopic (exact) mass is 308 g/mol. The summed E-state index contributed by atoms with van der Waals surface area (Å²) in [6.07, 6.45) is 1.17. The van der Waals surface area contributed by atoms with Crippen molar-refractivity contribution in [2.75, 3.05) is 0 Å². The summed E-state index contributed by atoms with van der Waals surface area (Å²) in [4.78, 5) is 0. The Morgan fingerprint density at radius 3 is 2.48 bits per heavy atom. The number of benzene rings is 2. The third-order valence-corrected chi connectivity index (χ3v) is 4.48. The van der Waals surface area contributed by atoms with Crippen molar-refractivity contribution < 1.29 is 9.47 Å². The molecule has 0 saturated heterocycles. The molecule has 0 radical (unpaired) electrons. The number of hydrogen-bond acceptors (Lipinski definition) is 2. The summed E-state index contributed by atoms with van der Waals surface area (Å²) in [6.45, 7) is 11.2. The number of hydrogen-bond donors (Lipinski definition) is 0. The molecule has 2 aromatic rings. The number of rotatable bonds is 6. The number of aryl methyl sites for hydroxylation is 1. The molecular formula is C21H24O2. The zero-order valence-electron chi connectivity index (χ0n) is 14.1. The molecule has 0 unspecified atom stereocenters. The molecular weight excluding hydrogens is 284 g/mol. The molecule has 0 heterocycles. The smallest absolute Gasteiger partial charge is 0.127 e. The fourth-order valence-corrected chi connectivity index (χ4v) is 2.73. The van der Waals surface area contributed by atoms with Crippen LogP contribution in [0.3, 0.4) is 0 Å². The summed E-state index contributed by atoms with van der Waals surface area (Å²) in [6, 6.07) is 16.1. The minimum atomic E-state index is 0.355. The maximum atomic E-state index is 5.90. The molecule has 2 nitrogen and oxygen atoms in total. The standard InChI is InChI=1S/C21H24O2/c1-15-8-10-18(11-9-15)23-19-7-5-6-17(12-19)14-22-16(2)20-13-21(20,3)4/h5-12,20H,2,13-14H2,1,3-4H3/t20-/m0/s1. The van der Waals surface area contributed by atoms with Gasteiger partial charge in [-0.3, -0.25) is 0 Å². The van der Waals surface area contributed by atoms with Crippen LogP contribution in [0.2, 0.25) is 0 Å². The van der Waals surface area contributed by atoms with E-state index in [0.717, 1.165) is 22.8 Å². The van der Waals surface area contributed by atoms with E-state index in [9.17, 15) is 0 Å². The first kappa shape index (κ1) is 15.7. The summed E-state index contributed by atoms with van der Waals surface area (Å²) >= 11 is 0. The lowest BCUT2D eigenvalue weighted by Crippen LogP contribution is -1.99. The first-order chi connectivity index (χ1) is 10.9. The molecule has 120 valence electrons. The zero-order valence-corrected chi connectivity index (χ0v) is 14.1. The van der Waals surface area contributed by atoms with E-state index in [4.69, 9.17) is 9.47 Å². The molecule has 0 aliphatic heterocycles. The summed E-state index contributed by atoms with van der Waals surface area (Å²) < 4.78 is 11.8. The molecule has 0 spiro atoms. The minimum absolute atomic E-state index is 0.355. The van der Waals surface area contributed by atoms with Gasteiger partial charge in [0.15, 0.2) is 0 Å². The van der Waals surface area contributed by atoms with E-state index in [2.05, 4.69) is 27.4 Å². The Morgan fingerprint density at radius 2 is 1.83 bits per heavy atom. The maximum Gasteiger partial charge on any atom is 0.127 e. The third-order valence-electron chi connectivity index (χ3n) is 4.48. The quantitative estimate of drug-likeness (QED) is 0.622. The molecule has 1 aliphatic carbocycles. The zero-order chi connectivity index (χ0) is 16.4. The van der Waals surface area contributed by atoms with E-state index in [1.54, 1.807) is 0 Å². The number of allylic oxidation sites excluding steroid dienone is 1. The van der Waals surface area contributed by atoms with Gasteiger partial charge in [-0.25, -0.2) is 0 Å². The van der Waals surface area contributed by atoms with Gasteiger partial charge in [-0.2, -0.15) is 0 Å². The third kappa shape index (κ3) is 3.95. The van der Waals surface area contributed by atoms with Crippen molar-refractivity contribution in [1.29, 1.82) is 0 Å². The van der Waals surface area contributed by atoms with E-state index < -0.39 is 0 Å². The van der Waals surface area contributed by atoms with Crippen LogP contribution in [-0.4, -0.2) is 0 Å². The lowest BCUT2D eigenvalue weighted by atomic mass is 10.1. The van der Waals surface area contributed by atoms with Gasteiger partial charge in [0.25, 0.3) is 0 Å². The second kappa shape index (κ2) is 6.11. The van der Waals surface area contributed by atoms with Gasteiger partial charge in [-0.15, -0.1) is 0 Å². The van der Waals surface area contributed by atoms with Crippen LogP contribution in [0.5, 0.6) is 11.5 Å². The highest BCUT2D eigenvalue weighted by Gasteiger charge is 2.48. The second-order valence-electron chi connectivity index (χ2n) is 7.06. The fourth-order valence-electron chi connectivity index (χ4n) is 2.73. The Kier molecular flexibility index (Phi) is 4.16. The maximum absolute atomic E-state index is 5.90. The van der Waals surface area contributed by atoms with E-state index in [1.807, 2.05) is 48.5 Å². The van der Waals surface area contributed by atoms with Crippen LogP contribution in [0.15, 0.2) is 60.9 Å². The Bertz CT molecular complexity index is 698. The van der Waals surface area contributed by atoms with Crippen LogP contribution in [0.1, 0.15) is 31.4 Å². The topological polar surface area (TPSA) is 18.5 Å². The van der Waals surface area contributed by atoms with Gasteiger partial charge < -0.3 is 9.47 Å². The molecule has 0 N–H and O–H groups in total. The van der Waals surface area contributed by atoms with E-state index >= 15 is 0 Å². The molecule has 0 bridgehead atoms. The minimum Gasteiger partial charge on any atom is -0.494 e. The van der Waals surface area contributed by atoms with Gasteiger partial charge in [0, 0.05) is 5.92 Å². The molecule has 1 saturated carbocycles. The fraction of sp³-hybridized carbons (Fsp3) is 0.333. The largest absolute Gasteiger partial charge is 0.494 e. The summed E-state index contributed by atoms with van der Waals surface area (Å²) in [5.41, 5.74) is 2.67. The van der Waals surface area contributed by atoms with Crippen LogP contribution in [0.4, 0.5) is 0 Å². The highest BCUT2D eigenvalue weighted by atomic mass is 16.5. The molecule has 0 aromatic heterocycles. The van der Waals surface area contributed by atoms with E-state index in [-0.39, 0.29) is 0 Å². The van der Waals surface area contributed by atoms with Gasteiger partial charge in [0.2, 0.25) is 0 Å². The lowest BCUT2D eigenvalue weighted by molar-refractivity contribution is 0.178. The van der Waals surface area contributed by atoms with Gasteiger partial charge in [-0.05, 0) is 48.6 Å². The van der Waals surface area contributed by atoms with Crippen molar-refractivity contribution in [2.45, 2.75) is 33.8 Å². The Hall–Kier alpha value is -2.22. The van der Waals surface area contributed by atoms with Crippen LogP contribution in [-0.2, 0) is 11.3 Å². The van der Waals surface area contributed by atoms with E-state index in [1.165, 1.54) is 12.0 Å². The Morgan fingerprint density at radius 1 is 1.13 bits per heavy atom. The predicted octanol–water partition coefficient (Wildman–Crippen LogP) is 5.86. The van der Waals surface area contributed by atoms with Crippen molar-refractivity contribution in [2.24, 2.45) is 11.3 Å². The normalized spacial score (nSPS) is 18.3. The second-order valence-corrected chi connectivity index (χ2v) is 7.06. The number of ether oxygens (including phenoxy) is 2. The molecule has 23 heavy (non-hydrogen) atoms. The van der Waals surface area contributed by atoms with Crippen LogP contribution < -0.4 is 4.74 Å². The molecule has 2 heteroatoms. The molecule has 1 fully saturated rings. The average Bonchev–Trinajstić information content (AvgIpc) is 3.16. The van der Waals surface area contributed by atoms with Crippen LogP contribution in [0.25, 0.3) is 0 Å². The molecule has 0 amide bonds. The van der Waals surface area contributed by atoms with Crippen molar-refractivity contribution in [3.63, 3.8) is 0 Å². The summed E-state index contributed by atoms with van der Waals surface area (Å²) in [7, 11) is 0. The van der Waals surface area contributed by atoms with Gasteiger partial charge >= 0.3 is 0 Å². The van der Waals surface area contributed by atoms with Gasteiger partial charge in [0.05, 0.1) is 5.76 Å². The molecule has 1 aliphatic rings. The average molecular weight is 308 g/mol. The summed E-state index contributed by atoms with van der Waals surface area (Å²) in [5.74, 6) is 3.07. The van der Waals surface area contributed by atoms with Gasteiger partial charge in [-0.1, -0.05) is 50.3 Å². The highest BCUT2D eigenvalue weighted by molar-refractivity contribution is 5.35. The Labute approximate surface area is 138 Å². The van der Waals surface area contributed by atoms with Crippen molar-refractivity contribution in [1.82, 2.24) is 0 Å². The van der Waals surface area contributed by atoms with Crippen molar-refractivity contribution in [3.05, 3.63) is 72.0 Å². The molecule has 3 rings (SSSR count). The van der Waals surface area contributed by atoms with Crippen LogP contribution >= 0.6 is 0 Å². The van der Waals surface area contributed by atoms with Gasteiger partial charge in [0.1, 0.15) is 18.1 Å². The molecule has 2 aromatic carbocycles. The first-order valence-corrected chi connectivity index (χ1v) is 8.09. The first-order valence-electron chi connectivity index (χ1n) is 8.09. The van der Waals surface area contributed by atoms with Crippen LogP contribution in [0, 0.1) is 18.3 Å². The Balaban J connectivity index is 1.59. The summed E-state index contributed by atoms with van der Waals surface area (Å²) in [5, 5.41) is 0.